The van der Waals surface area contributed by atoms with Crippen molar-refractivity contribution in [2.24, 2.45) is 0 Å². The molecule has 1 aromatic rings. The number of aryl methyl sites for hydroxylation is 2. The first kappa shape index (κ1) is 17.9. The van der Waals surface area contributed by atoms with Gasteiger partial charge in [0.15, 0.2) is 0 Å². The van der Waals surface area contributed by atoms with Gasteiger partial charge in [0.2, 0.25) is 10.0 Å². The van der Waals surface area contributed by atoms with E-state index in [0.29, 0.717) is 24.5 Å². The van der Waals surface area contributed by atoms with Gasteiger partial charge in [0.25, 0.3) is 0 Å². The Kier molecular flexibility index (Phi) is 6.60. The summed E-state index contributed by atoms with van der Waals surface area (Å²) in [6, 6.07) is 3.57. The van der Waals surface area contributed by atoms with E-state index in [1.807, 2.05) is 25.1 Å². The van der Waals surface area contributed by atoms with Crippen molar-refractivity contribution in [1.82, 2.24) is 9.62 Å². The molecule has 0 atom stereocenters. The van der Waals surface area contributed by atoms with Crippen molar-refractivity contribution in [3.63, 3.8) is 0 Å². The lowest BCUT2D eigenvalue weighted by Crippen LogP contribution is -2.29. The Bertz CT molecular complexity index is 571. The molecule has 0 aliphatic carbocycles. The lowest BCUT2D eigenvalue weighted by atomic mass is 10.1. The number of rotatable bonds is 8. The van der Waals surface area contributed by atoms with Gasteiger partial charge >= 0.3 is 0 Å². The van der Waals surface area contributed by atoms with Gasteiger partial charge in [-0.05, 0) is 39.1 Å². The molecular weight excluding hydrogens is 290 g/mol. The Morgan fingerprint density at radius 2 is 1.81 bits per heavy atom. The molecule has 0 fully saturated rings. The van der Waals surface area contributed by atoms with E-state index in [4.69, 9.17) is 10.5 Å². The fraction of sp³-hybridized carbons (Fsp3) is 0.571. The second kappa shape index (κ2) is 7.74. The predicted octanol–water partition coefficient (Wildman–Crippen LogP) is 0.742. The Morgan fingerprint density at radius 3 is 2.43 bits per heavy atom. The first-order chi connectivity index (χ1) is 9.75. The van der Waals surface area contributed by atoms with Crippen molar-refractivity contribution in [2.45, 2.75) is 18.7 Å². The monoisotopic (exact) mass is 315 g/mol. The second-order valence-corrected chi connectivity index (χ2v) is 6.96. The van der Waals surface area contributed by atoms with E-state index in [9.17, 15) is 8.42 Å². The van der Waals surface area contributed by atoms with Crippen molar-refractivity contribution < 1.29 is 13.2 Å². The van der Waals surface area contributed by atoms with Gasteiger partial charge in [-0.1, -0.05) is 12.1 Å². The van der Waals surface area contributed by atoms with Crippen LogP contribution in [0.25, 0.3) is 0 Å². The fourth-order valence-corrected chi connectivity index (χ4v) is 3.27. The number of hydrogen-bond acceptors (Lipinski definition) is 5. The minimum Gasteiger partial charge on any atom is -0.397 e. The van der Waals surface area contributed by atoms with E-state index < -0.39 is 10.0 Å². The third kappa shape index (κ3) is 5.28. The molecule has 0 bridgehead atoms. The summed E-state index contributed by atoms with van der Waals surface area (Å²) in [6.07, 6.45) is 0. The molecule has 0 spiro atoms. The van der Waals surface area contributed by atoms with Crippen LogP contribution in [0.2, 0.25) is 0 Å². The molecule has 0 aliphatic heterocycles. The van der Waals surface area contributed by atoms with E-state index in [1.165, 1.54) is 0 Å². The minimum absolute atomic E-state index is 0.163. The molecule has 0 unspecified atom stereocenters. The Balaban J connectivity index is 2.61. The van der Waals surface area contributed by atoms with Crippen LogP contribution in [0.5, 0.6) is 0 Å². The van der Waals surface area contributed by atoms with Crippen LogP contribution in [-0.2, 0) is 14.8 Å². The molecule has 1 rings (SSSR count). The number of nitrogen functional groups attached to an aromatic ring is 1. The van der Waals surface area contributed by atoms with Crippen LogP contribution < -0.4 is 10.5 Å². The number of hydrogen-bond donors (Lipinski definition) is 2. The zero-order valence-corrected chi connectivity index (χ0v) is 14.0. The van der Waals surface area contributed by atoms with Crippen LogP contribution in [0.15, 0.2) is 17.0 Å². The summed E-state index contributed by atoms with van der Waals surface area (Å²) in [5, 5.41) is 0. The average molecular weight is 315 g/mol. The summed E-state index contributed by atoms with van der Waals surface area (Å²) >= 11 is 0. The number of benzene rings is 1. The highest BCUT2D eigenvalue weighted by Gasteiger charge is 2.20. The highest BCUT2D eigenvalue weighted by Crippen LogP contribution is 2.25. The van der Waals surface area contributed by atoms with Crippen LogP contribution in [-0.4, -0.2) is 53.7 Å². The smallest absolute Gasteiger partial charge is 0.242 e. The average Bonchev–Trinajstić information content (AvgIpc) is 2.38. The van der Waals surface area contributed by atoms with E-state index in [2.05, 4.69) is 4.72 Å². The maximum atomic E-state index is 12.3. The predicted molar refractivity (Wildman–Crippen MR) is 84.9 cm³/mol. The minimum atomic E-state index is -3.61. The summed E-state index contributed by atoms with van der Waals surface area (Å²) in [5.74, 6) is 0. The van der Waals surface area contributed by atoms with Crippen LogP contribution >= 0.6 is 0 Å². The van der Waals surface area contributed by atoms with Crippen molar-refractivity contribution >= 4 is 15.7 Å². The molecule has 0 amide bonds. The highest BCUT2D eigenvalue weighted by atomic mass is 32.2. The summed E-state index contributed by atoms with van der Waals surface area (Å²) in [5.41, 5.74) is 7.59. The molecule has 6 nitrogen and oxygen atoms in total. The number of sulfonamides is 1. The molecular formula is C14H25N3O3S. The van der Waals surface area contributed by atoms with E-state index in [1.54, 1.807) is 19.9 Å². The third-order valence-corrected chi connectivity index (χ3v) is 4.76. The summed E-state index contributed by atoms with van der Waals surface area (Å²) < 4.78 is 32.5. The number of nitrogens with one attached hydrogen (secondary N) is 1. The number of ether oxygens (including phenoxy) is 1. The maximum absolute atomic E-state index is 12.3. The van der Waals surface area contributed by atoms with Crippen LogP contribution in [0.4, 0.5) is 5.69 Å². The molecule has 0 saturated heterocycles. The number of likely N-dealkylation sites (N-methyl/N-ethyl adjacent to an activating group) is 1. The molecule has 21 heavy (non-hydrogen) atoms. The summed E-state index contributed by atoms with van der Waals surface area (Å²) in [4.78, 5) is 2.16. The van der Waals surface area contributed by atoms with Crippen LogP contribution in [0, 0.1) is 13.8 Å². The van der Waals surface area contributed by atoms with Gasteiger partial charge in [-0.3, -0.25) is 0 Å². The van der Waals surface area contributed by atoms with E-state index in [-0.39, 0.29) is 11.4 Å². The van der Waals surface area contributed by atoms with Gasteiger partial charge in [-0.2, -0.15) is 0 Å². The third-order valence-electron chi connectivity index (χ3n) is 3.10. The molecule has 120 valence electrons. The van der Waals surface area contributed by atoms with Gasteiger partial charge in [0, 0.05) is 13.1 Å². The zero-order chi connectivity index (χ0) is 16.0. The van der Waals surface area contributed by atoms with Gasteiger partial charge in [0.1, 0.15) is 4.90 Å². The second-order valence-electron chi connectivity index (χ2n) is 5.26. The van der Waals surface area contributed by atoms with E-state index >= 15 is 0 Å². The van der Waals surface area contributed by atoms with Crippen molar-refractivity contribution in [3.8, 4) is 0 Å². The highest BCUT2D eigenvalue weighted by molar-refractivity contribution is 7.89. The summed E-state index contributed by atoms with van der Waals surface area (Å²) in [6.45, 7) is 5.45. The van der Waals surface area contributed by atoms with Crippen LogP contribution in [0.3, 0.4) is 0 Å². The Labute approximate surface area is 127 Å². The summed E-state index contributed by atoms with van der Waals surface area (Å²) in [7, 11) is 0.294. The normalized spacial score (nSPS) is 12.0. The molecule has 1 aromatic carbocycles. The number of nitrogens with zero attached hydrogens (tertiary/aromatic N) is 1. The molecule has 0 saturated carbocycles. The first-order valence-corrected chi connectivity index (χ1v) is 8.32. The lowest BCUT2D eigenvalue weighted by molar-refractivity contribution is 0.122. The van der Waals surface area contributed by atoms with Crippen molar-refractivity contribution in [2.75, 3.05) is 46.1 Å². The van der Waals surface area contributed by atoms with E-state index in [0.717, 1.165) is 12.1 Å². The lowest BCUT2D eigenvalue weighted by Gasteiger charge is -2.14. The Hall–Kier alpha value is -1.15. The topological polar surface area (TPSA) is 84.7 Å². The van der Waals surface area contributed by atoms with Gasteiger partial charge in [-0.15, -0.1) is 0 Å². The van der Waals surface area contributed by atoms with Gasteiger partial charge in [-0.25, -0.2) is 13.1 Å². The SMILES string of the molecule is Cc1ccc(C)c(S(=O)(=O)NCCOCCN(C)C)c1N. The van der Waals surface area contributed by atoms with Crippen molar-refractivity contribution in [3.05, 3.63) is 23.3 Å². The standard InChI is InChI=1S/C14H25N3O3S/c1-11-5-6-12(2)14(13(11)15)21(18,19)16-7-9-20-10-8-17(3)4/h5-6,16H,7-10,15H2,1-4H3. The van der Waals surface area contributed by atoms with Crippen LogP contribution in [0.1, 0.15) is 11.1 Å². The maximum Gasteiger partial charge on any atom is 0.242 e. The first-order valence-electron chi connectivity index (χ1n) is 6.83. The zero-order valence-electron chi connectivity index (χ0n) is 13.1. The molecule has 0 aromatic heterocycles. The quantitative estimate of drug-likeness (QED) is 0.546. The molecule has 0 radical (unpaired) electrons. The number of nitrogens with two attached hydrogens (primary N) is 1. The number of anilines is 1. The van der Waals surface area contributed by atoms with Gasteiger partial charge < -0.3 is 15.4 Å². The fourth-order valence-electron chi connectivity index (χ4n) is 1.83. The Morgan fingerprint density at radius 1 is 1.19 bits per heavy atom. The molecule has 0 aliphatic rings. The molecule has 7 heteroatoms. The van der Waals surface area contributed by atoms with Gasteiger partial charge in [0.05, 0.1) is 18.9 Å². The molecule has 3 N–H and O–H groups in total. The largest absolute Gasteiger partial charge is 0.397 e. The van der Waals surface area contributed by atoms with Crippen molar-refractivity contribution in [1.29, 1.82) is 0 Å². The molecule has 0 heterocycles.